The van der Waals surface area contributed by atoms with Crippen molar-refractivity contribution in [3.8, 4) is 6.07 Å². The minimum atomic E-state index is 0.459. The predicted octanol–water partition coefficient (Wildman–Crippen LogP) is 2.30. The van der Waals surface area contributed by atoms with Crippen molar-refractivity contribution in [1.29, 1.82) is 5.26 Å². The third kappa shape index (κ3) is 2.57. The van der Waals surface area contributed by atoms with Crippen LogP contribution in [0.2, 0.25) is 0 Å². The van der Waals surface area contributed by atoms with Crippen LogP contribution in [0, 0.1) is 18.3 Å². The van der Waals surface area contributed by atoms with Gasteiger partial charge in [-0.2, -0.15) is 5.26 Å². The van der Waals surface area contributed by atoms with Gasteiger partial charge in [-0.15, -0.1) is 0 Å². The number of hydrogen-bond acceptors (Lipinski definition) is 4. The van der Waals surface area contributed by atoms with Gasteiger partial charge in [0.25, 0.3) is 0 Å². The molecule has 0 aromatic carbocycles. The fourth-order valence-electron chi connectivity index (χ4n) is 3.31. The molecule has 2 atom stereocenters. The minimum absolute atomic E-state index is 0.459. The van der Waals surface area contributed by atoms with E-state index in [4.69, 9.17) is 5.26 Å². The zero-order valence-corrected chi connectivity index (χ0v) is 11.4. The normalized spacial score (nSPS) is 26.7. The van der Waals surface area contributed by atoms with Crippen LogP contribution in [0.5, 0.6) is 0 Å². The fraction of sp³-hybridized carbons (Fsp3) is 0.600. The lowest BCUT2D eigenvalue weighted by atomic mass is 9.97. The second kappa shape index (κ2) is 5.18. The lowest BCUT2D eigenvalue weighted by molar-refractivity contribution is 0.188. The van der Waals surface area contributed by atoms with E-state index < -0.39 is 0 Å². The van der Waals surface area contributed by atoms with Gasteiger partial charge in [-0.3, -0.25) is 0 Å². The summed E-state index contributed by atoms with van der Waals surface area (Å²) in [5.41, 5.74) is 1.61. The summed E-state index contributed by atoms with van der Waals surface area (Å²) in [7, 11) is 0. The van der Waals surface area contributed by atoms with E-state index in [2.05, 4.69) is 21.3 Å². The Morgan fingerprint density at radius 2 is 2.26 bits per heavy atom. The Bertz CT molecular complexity index is 505. The van der Waals surface area contributed by atoms with Gasteiger partial charge in [0.1, 0.15) is 11.9 Å². The number of fused-ring (bicyclic) bond motifs is 1. The van der Waals surface area contributed by atoms with Gasteiger partial charge in [-0.25, -0.2) is 4.98 Å². The molecule has 1 aromatic rings. The van der Waals surface area contributed by atoms with Crippen LogP contribution >= 0.6 is 0 Å². The molecule has 1 aromatic heterocycles. The Balaban J connectivity index is 1.71. The average molecular weight is 256 g/mol. The van der Waals surface area contributed by atoms with Gasteiger partial charge in [0.15, 0.2) is 0 Å². The highest BCUT2D eigenvalue weighted by Crippen LogP contribution is 2.28. The Labute approximate surface area is 114 Å². The first-order valence-electron chi connectivity index (χ1n) is 7.14. The summed E-state index contributed by atoms with van der Waals surface area (Å²) in [6, 6.07) is 7.17. The third-order valence-electron chi connectivity index (χ3n) is 4.32. The van der Waals surface area contributed by atoms with Gasteiger partial charge < -0.3 is 10.2 Å². The van der Waals surface area contributed by atoms with E-state index in [1.165, 1.54) is 32.4 Å². The maximum Gasteiger partial charge on any atom is 0.144 e. The molecule has 0 radical (unpaired) electrons. The minimum Gasteiger partial charge on any atom is -0.366 e. The summed E-state index contributed by atoms with van der Waals surface area (Å²) in [6.07, 6.45) is 4.99. The molecule has 3 rings (SSSR count). The molecule has 2 fully saturated rings. The number of nitriles is 1. The highest BCUT2D eigenvalue weighted by molar-refractivity contribution is 5.52. The van der Waals surface area contributed by atoms with Crippen LogP contribution < -0.4 is 5.32 Å². The van der Waals surface area contributed by atoms with Crippen LogP contribution in [0.15, 0.2) is 12.1 Å². The molecular weight excluding hydrogens is 236 g/mol. The molecule has 4 heteroatoms. The summed E-state index contributed by atoms with van der Waals surface area (Å²) in [5, 5.41) is 12.6. The van der Waals surface area contributed by atoms with Crippen molar-refractivity contribution in [3.63, 3.8) is 0 Å². The molecule has 0 bridgehead atoms. The Morgan fingerprint density at radius 1 is 1.37 bits per heavy atom. The van der Waals surface area contributed by atoms with E-state index in [1.807, 2.05) is 19.1 Å². The zero-order chi connectivity index (χ0) is 13.2. The molecule has 2 aliphatic rings. The van der Waals surface area contributed by atoms with Crippen molar-refractivity contribution in [3.05, 3.63) is 23.4 Å². The zero-order valence-electron chi connectivity index (χ0n) is 11.4. The molecule has 0 amide bonds. The number of piperidine rings is 1. The first kappa shape index (κ1) is 12.4. The molecule has 19 heavy (non-hydrogen) atoms. The number of aryl methyl sites for hydroxylation is 1. The summed E-state index contributed by atoms with van der Waals surface area (Å²) >= 11 is 0. The molecule has 0 saturated carbocycles. The second-order valence-electron chi connectivity index (χ2n) is 5.66. The SMILES string of the molecule is Cc1ccc(C#N)c(NC2CCN3CCCC3C2)n1. The number of rotatable bonds is 2. The molecule has 2 saturated heterocycles. The van der Waals surface area contributed by atoms with E-state index >= 15 is 0 Å². The number of anilines is 1. The Morgan fingerprint density at radius 3 is 3.11 bits per heavy atom. The number of hydrogen-bond donors (Lipinski definition) is 1. The lowest BCUT2D eigenvalue weighted by Crippen LogP contribution is -2.43. The van der Waals surface area contributed by atoms with E-state index in [1.54, 1.807) is 0 Å². The lowest BCUT2D eigenvalue weighted by Gasteiger charge is -2.35. The first-order chi connectivity index (χ1) is 9.26. The van der Waals surface area contributed by atoms with Gasteiger partial charge in [0.05, 0.1) is 5.56 Å². The number of nitrogens with one attached hydrogen (secondary N) is 1. The molecule has 100 valence electrons. The quantitative estimate of drug-likeness (QED) is 0.882. The van der Waals surface area contributed by atoms with Crippen LogP contribution in [0.3, 0.4) is 0 Å². The summed E-state index contributed by atoms with van der Waals surface area (Å²) < 4.78 is 0. The van der Waals surface area contributed by atoms with Gasteiger partial charge in [0, 0.05) is 24.3 Å². The summed E-state index contributed by atoms with van der Waals surface area (Å²) in [6.45, 7) is 4.41. The van der Waals surface area contributed by atoms with Crippen LogP contribution in [0.1, 0.15) is 36.9 Å². The first-order valence-corrected chi connectivity index (χ1v) is 7.14. The highest BCUT2D eigenvalue weighted by Gasteiger charge is 2.31. The van der Waals surface area contributed by atoms with Gasteiger partial charge in [0.2, 0.25) is 0 Å². The molecule has 0 spiro atoms. The van der Waals surface area contributed by atoms with Crippen LogP contribution in [-0.4, -0.2) is 35.1 Å². The van der Waals surface area contributed by atoms with E-state index in [-0.39, 0.29) is 0 Å². The molecule has 2 aliphatic heterocycles. The molecule has 4 nitrogen and oxygen atoms in total. The fourth-order valence-corrected chi connectivity index (χ4v) is 3.31. The predicted molar refractivity (Wildman–Crippen MR) is 74.9 cm³/mol. The van der Waals surface area contributed by atoms with E-state index in [9.17, 15) is 0 Å². The monoisotopic (exact) mass is 256 g/mol. The standard InChI is InChI=1S/C15H20N4/c1-11-4-5-12(10-16)15(17-11)18-13-6-8-19-7-2-3-14(19)9-13/h4-5,13-14H,2-3,6-9H2,1H3,(H,17,18). The number of pyridine rings is 1. The maximum atomic E-state index is 9.15. The molecule has 0 aliphatic carbocycles. The van der Waals surface area contributed by atoms with Crippen molar-refractivity contribution >= 4 is 5.82 Å². The molecule has 2 unspecified atom stereocenters. The average Bonchev–Trinajstić information content (AvgIpc) is 2.86. The summed E-state index contributed by atoms with van der Waals surface area (Å²) in [4.78, 5) is 7.08. The summed E-state index contributed by atoms with van der Waals surface area (Å²) in [5.74, 6) is 0.763. The van der Waals surface area contributed by atoms with E-state index in [0.29, 0.717) is 11.6 Å². The van der Waals surface area contributed by atoms with Crippen molar-refractivity contribution in [2.75, 3.05) is 18.4 Å². The topological polar surface area (TPSA) is 52.0 Å². The van der Waals surface area contributed by atoms with Crippen LogP contribution in [-0.2, 0) is 0 Å². The second-order valence-corrected chi connectivity index (χ2v) is 5.66. The molecule has 1 N–H and O–H groups in total. The van der Waals surface area contributed by atoms with Crippen LogP contribution in [0.4, 0.5) is 5.82 Å². The van der Waals surface area contributed by atoms with Gasteiger partial charge in [-0.1, -0.05) is 0 Å². The Kier molecular flexibility index (Phi) is 3.39. The van der Waals surface area contributed by atoms with Crippen LogP contribution in [0.25, 0.3) is 0 Å². The van der Waals surface area contributed by atoms with Gasteiger partial charge >= 0.3 is 0 Å². The van der Waals surface area contributed by atoms with Gasteiger partial charge in [-0.05, 0) is 51.3 Å². The smallest absolute Gasteiger partial charge is 0.144 e. The third-order valence-corrected chi connectivity index (χ3v) is 4.32. The van der Waals surface area contributed by atoms with Crippen molar-refractivity contribution in [1.82, 2.24) is 9.88 Å². The Hall–Kier alpha value is -1.60. The van der Waals surface area contributed by atoms with Crippen molar-refractivity contribution in [2.45, 2.75) is 44.7 Å². The number of nitrogens with zero attached hydrogens (tertiary/aromatic N) is 3. The highest BCUT2D eigenvalue weighted by atomic mass is 15.2. The maximum absolute atomic E-state index is 9.15. The van der Waals surface area contributed by atoms with Crippen molar-refractivity contribution in [2.24, 2.45) is 0 Å². The van der Waals surface area contributed by atoms with E-state index in [0.717, 1.165) is 24.0 Å². The number of aromatic nitrogens is 1. The molecular formula is C15H20N4. The molecule has 3 heterocycles. The van der Waals surface area contributed by atoms with Crippen molar-refractivity contribution < 1.29 is 0 Å². The largest absolute Gasteiger partial charge is 0.366 e.